The van der Waals surface area contributed by atoms with E-state index in [1.54, 1.807) is 0 Å². The minimum absolute atomic E-state index is 0.302. The van der Waals surface area contributed by atoms with Crippen LogP contribution in [0.1, 0.15) is 44.1 Å². The van der Waals surface area contributed by atoms with Crippen molar-refractivity contribution >= 4 is 0 Å². The van der Waals surface area contributed by atoms with Gasteiger partial charge in [-0.1, -0.05) is 31.9 Å². The molecule has 1 aliphatic carbocycles. The molecule has 6 heteroatoms. The van der Waals surface area contributed by atoms with Crippen molar-refractivity contribution < 1.29 is 27.0 Å². The van der Waals surface area contributed by atoms with Gasteiger partial charge in [0.1, 0.15) is 5.75 Å². The van der Waals surface area contributed by atoms with Gasteiger partial charge in [-0.05, 0) is 54.5 Å². The Labute approximate surface area is 157 Å². The first-order valence-corrected chi connectivity index (χ1v) is 8.92. The van der Waals surface area contributed by atoms with E-state index >= 15 is 0 Å². The van der Waals surface area contributed by atoms with Crippen LogP contribution in [0.4, 0.5) is 17.6 Å². The van der Waals surface area contributed by atoms with Gasteiger partial charge in [-0.25, -0.2) is 13.2 Å². The van der Waals surface area contributed by atoms with Crippen molar-refractivity contribution in [2.45, 2.75) is 38.5 Å². The van der Waals surface area contributed by atoms with Crippen LogP contribution in [0.5, 0.6) is 11.5 Å². The summed E-state index contributed by atoms with van der Waals surface area (Å²) < 4.78 is 58.2. The lowest BCUT2D eigenvalue weighted by Crippen LogP contribution is -2.10. The van der Waals surface area contributed by atoms with E-state index in [0.717, 1.165) is 18.1 Å². The van der Waals surface area contributed by atoms with Crippen molar-refractivity contribution in [1.82, 2.24) is 0 Å². The van der Waals surface area contributed by atoms with Crippen molar-refractivity contribution in [3.05, 3.63) is 59.4 Å². The number of alkyl halides is 1. The second-order valence-corrected chi connectivity index (χ2v) is 6.66. The topological polar surface area (TPSA) is 18.5 Å². The van der Waals surface area contributed by atoms with Crippen LogP contribution in [0.15, 0.2) is 36.4 Å². The van der Waals surface area contributed by atoms with Gasteiger partial charge < -0.3 is 9.47 Å². The van der Waals surface area contributed by atoms with Crippen molar-refractivity contribution in [2.24, 2.45) is 5.92 Å². The number of methoxy groups -OCH3 is 1. The third-order valence-corrected chi connectivity index (χ3v) is 4.81. The maximum Gasteiger partial charge on any atom is 0.228 e. The van der Waals surface area contributed by atoms with Crippen molar-refractivity contribution in [1.29, 1.82) is 0 Å². The van der Waals surface area contributed by atoms with Gasteiger partial charge in [0, 0.05) is 0 Å². The second-order valence-electron chi connectivity index (χ2n) is 6.66. The molecule has 27 heavy (non-hydrogen) atoms. The van der Waals surface area contributed by atoms with Gasteiger partial charge in [-0.3, -0.25) is 0 Å². The van der Waals surface area contributed by atoms with E-state index in [1.165, 1.54) is 38.4 Å². The lowest BCUT2D eigenvalue weighted by Gasteiger charge is -2.26. The predicted octanol–water partition coefficient (Wildman–Crippen LogP) is 6.40. The number of ether oxygens (including phenoxy) is 2. The largest absolute Gasteiger partial charge is 0.494 e. The fourth-order valence-electron chi connectivity index (χ4n) is 3.16. The first-order valence-electron chi connectivity index (χ1n) is 8.92. The quantitative estimate of drug-likeness (QED) is 0.449. The Morgan fingerprint density at radius 3 is 2.07 bits per heavy atom. The number of halogens is 4. The first-order chi connectivity index (χ1) is 13.0. The molecule has 0 saturated heterocycles. The standard InChI is InChI=1S/C14H19FO.C7H5F3O/c1-11-2-4-12(5-3-11)13-6-8-14(9-7-13)16-10-15;1-11-5-3-2-4(8)6(9)7(5)10/h6-9,11-12H,2-5,10H2,1H3;2-3H,1H3. The molecule has 2 nitrogen and oxygen atoms in total. The summed E-state index contributed by atoms with van der Waals surface area (Å²) in [7, 11) is 1.18. The van der Waals surface area contributed by atoms with Gasteiger partial charge in [0.05, 0.1) is 7.11 Å². The highest BCUT2D eigenvalue weighted by atomic mass is 19.2. The Morgan fingerprint density at radius 2 is 1.52 bits per heavy atom. The summed E-state index contributed by atoms with van der Waals surface area (Å²) in [5.74, 6) is -2.14. The molecule has 0 amide bonds. The molecule has 0 spiro atoms. The zero-order valence-electron chi connectivity index (χ0n) is 15.5. The Bertz CT molecular complexity index is 711. The minimum Gasteiger partial charge on any atom is -0.494 e. The summed E-state index contributed by atoms with van der Waals surface area (Å²) in [6, 6.07) is 9.71. The van der Waals surface area contributed by atoms with Crippen LogP contribution >= 0.6 is 0 Å². The molecule has 0 radical (unpaired) electrons. The molecule has 0 heterocycles. The molecule has 0 N–H and O–H groups in total. The second kappa shape index (κ2) is 10.2. The molecule has 0 atom stereocenters. The Morgan fingerprint density at radius 1 is 0.889 bits per heavy atom. The Balaban J connectivity index is 0.000000208. The number of rotatable bonds is 4. The van der Waals surface area contributed by atoms with E-state index < -0.39 is 24.3 Å². The molecule has 0 aliphatic heterocycles. The fourth-order valence-corrected chi connectivity index (χ4v) is 3.16. The number of benzene rings is 2. The van der Waals surface area contributed by atoms with Crippen LogP contribution < -0.4 is 9.47 Å². The van der Waals surface area contributed by atoms with Crippen molar-refractivity contribution in [3.63, 3.8) is 0 Å². The average molecular weight is 384 g/mol. The van der Waals surface area contributed by atoms with E-state index in [9.17, 15) is 17.6 Å². The Kier molecular flexibility index (Phi) is 7.95. The fraction of sp³-hybridized carbons (Fsp3) is 0.429. The minimum atomic E-state index is -1.51. The van der Waals surface area contributed by atoms with Gasteiger partial charge in [0.15, 0.2) is 17.4 Å². The van der Waals surface area contributed by atoms with Gasteiger partial charge in [0.25, 0.3) is 0 Å². The van der Waals surface area contributed by atoms with E-state index in [-0.39, 0.29) is 5.75 Å². The van der Waals surface area contributed by atoms with Gasteiger partial charge in [-0.15, -0.1) is 0 Å². The third-order valence-electron chi connectivity index (χ3n) is 4.81. The van der Waals surface area contributed by atoms with E-state index in [0.29, 0.717) is 11.7 Å². The van der Waals surface area contributed by atoms with Gasteiger partial charge in [0.2, 0.25) is 12.7 Å². The average Bonchev–Trinajstić information content (AvgIpc) is 2.68. The highest BCUT2D eigenvalue weighted by Crippen LogP contribution is 2.35. The van der Waals surface area contributed by atoms with Crippen LogP contribution in [-0.4, -0.2) is 14.0 Å². The molecular weight excluding hydrogens is 360 g/mol. The Hall–Kier alpha value is -2.24. The molecule has 1 fully saturated rings. The van der Waals surface area contributed by atoms with Crippen molar-refractivity contribution in [2.75, 3.05) is 14.0 Å². The summed E-state index contributed by atoms with van der Waals surface area (Å²) in [6.45, 7) is 1.58. The van der Waals surface area contributed by atoms with Gasteiger partial charge >= 0.3 is 0 Å². The number of hydrogen-bond donors (Lipinski definition) is 0. The maximum absolute atomic E-state index is 12.5. The van der Waals surface area contributed by atoms with Crippen LogP contribution in [0, 0.1) is 23.4 Å². The molecule has 148 valence electrons. The third kappa shape index (κ3) is 5.88. The molecule has 0 bridgehead atoms. The molecule has 3 rings (SSSR count). The summed E-state index contributed by atoms with van der Waals surface area (Å²) in [5.41, 5.74) is 1.37. The molecule has 0 aromatic heterocycles. The van der Waals surface area contributed by atoms with Crippen molar-refractivity contribution in [3.8, 4) is 11.5 Å². The lowest BCUT2D eigenvalue weighted by atomic mass is 9.79. The van der Waals surface area contributed by atoms with Gasteiger partial charge in [-0.2, -0.15) is 4.39 Å². The van der Waals surface area contributed by atoms with Crippen LogP contribution in [0.3, 0.4) is 0 Å². The summed E-state index contributed by atoms with van der Waals surface area (Å²) in [5, 5.41) is 0. The van der Waals surface area contributed by atoms with E-state index in [4.69, 9.17) is 4.74 Å². The molecule has 2 aromatic rings. The van der Waals surface area contributed by atoms with E-state index in [1.807, 2.05) is 12.1 Å². The lowest BCUT2D eigenvalue weighted by molar-refractivity contribution is 0.191. The summed E-state index contributed by atoms with van der Waals surface area (Å²) >= 11 is 0. The first kappa shape index (κ1) is 21.1. The molecule has 2 aromatic carbocycles. The molecular formula is C21H24F4O2. The highest BCUT2D eigenvalue weighted by molar-refractivity contribution is 5.29. The predicted molar refractivity (Wildman–Crippen MR) is 96.3 cm³/mol. The highest BCUT2D eigenvalue weighted by Gasteiger charge is 2.19. The SMILES string of the molecule is CC1CCC(c2ccc(OCF)cc2)CC1.COc1ccc(F)c(F)c1F. The van der Waals surface area contributed by atoms with Crippen LogP contribution in [0.2, 0.25) is 0 Å². The normalized spacial score (nSPS) is 19.0. The monoisotopic (exact) mass is 384 g/mol. The summed E-state index contributed by atoms with van der Waals surface area (Å²) in [6.07, 6.45) is 5.22. The zero-order valence-corrected chi connectivity index (χ0v) is 15.5. The zero-order chi connectivity index (χ0) is 19.8. The number of hydrogen-bond acceptors (Lipinski definition) is 2. The summed E-state index contributed by atoms with van der Waals surface area (Å²) in [4.78, 5) is 0. The molecule has 1 aliphatic rings. The maximum atomic E-state index is 12.5. The van der Waals surface area contributed by atoms with E-state index in [2.05, 4.69) is 23.8 Å². The van der Waals surface area contributed by atoms with Crippen LogP contribution in [-0.2, 0) is 0 Å². The molecule has 1 saturated carbocycles. The van der Waals surface area contributed by atoms with Crippen LogP contribution in [0.25, 0.3) is 0 Å². The molecule has 0 unspecified atom stereocenters. The smallest absolute Gasteiger partial charge is 0.228 e.